The lowest BCUT2D eigenvalue weighted by Gasteiger charge is -2.19. The molecule has 7 heteroatoms. The van der Waals surface area contributed by atoms with Gasteiger partial charge in [-0.3, -0.25) is 4.90 Å². The molecule has 0 spiro atoms. The van der Waals surface area contributed by atoms with Gasteiger partial charge in [0.25, 0.3) is 0 Å². The highest BCUT2D eigenvalue weighted by Crippen LogP contribution is 2.28. The van der Waals surface area contributed by atoms with Crippen LogP contribution in [0.4, 0.5) is 0 Å². The normalized spacial score (nSPS) is 11.0. The molecule has 6 nitrogen and oxygen atoms in total. The van der Waals surface area contributed by atoms with Gasteiger partial charge in [0.1, 0.15) is 0 Å². The first kappa shape index (κ1) is 17.4. The van der Waals surface area contributed by atoms with Crippen LogP contribution in [0.15, 0.2) is 40.2 Å². The number of aromatic nitrogens is 2. The SMILES string of the molecule is CCN(Cc1ccc(OC)c(OC)c1)Cc1nc(-c2cccs2)no1. The van der Waals surface area contributed by atoms with Crippen molar-refractivity contribution in [1.29, 1.82) is 0 Å². The summed E-state index contributed by atoms with van der Waals surface area (Å²) in [5, 5.41) is 6.06. The van der Waals surface area contributed by atoms with Gasteiger partial charge in [0, 0.05) is 6.54 Å². The first-order valence-corrected chi connectivity index (χ1v) is 8.91. The Morgan fingerprint density at radius 1 is 1.12 bits per heavy atom. The van der Waals surface area contributed by atoms with Crippen molar-refractivity contribution in [3.05, 3.63) is 47.2 Å². The van der Waals surface area contributed by atoms with Crippen molar-refractivity contribution in [3.63, 3.8) is 0 Å². The number of thiophene rings is 1. The number of nitrogens with zero attached hydrogens (tertiary/aromatic N) is 3. The number of methoxy groups -OCH3 is 2. The number of ether oxygens (including phenoxy) is 2. The predicted molar refractivity (Wildman–Crippen MR) is 96.9 cm³/mol. The zero-order valence-corrected chi connectivity index (χ0v) is 15.4. The number of rotatable bonds is 8. The Hall–Kier alpha value is -2.38. The average molecular weight is 359 g/mol. The standard InChI is InChI=1S/C18H21N3O3S/c1-4-21(11-13-7-8-14(22-2)15(10-13)23-3)12-17-19-18(20-24-17)16-6-5-9-25-16/h5-10H,4,11-12H2,1-3H3. The van der Waals surface area contributed by atoms with Gasteiger partial charge in [0.2, 0.25) is 11.7 Å². The highest BCUT2D eigenvalue weighted by Gasteiger charge is 2.14. The molecule has 0 aliphatic carbocycles. The molecule has 0 bridgehead atoms. The molecule has 0 aliphatic rings. The Morgan fingerprint density at radius 2 is 1.96 bits per heavy atom. The molecule has 2 heterocycles. The van der Waals surface area contributed by atoms with Gasteiger partial charge in [-0.2, -0.15) is 4.98 Å². The third-order valence-corrected chi connectivity index (χ3v) is 4.74. The van der Waals surface area contributed by atoms with Crippen LogP contribution >= 0.6 is 11.3 Å². The summed E-state index contributed by atoms with van der Waals surface area (Å²) < 4.78 is 16.1. The summed E-state index contributed by atoms with van der Waals surface area (Å²) in [7, 11) is 3.28. The van der Waals surface area contributed by atoms with Crippen LogP contribution in [0, 0.1) is 0 Å². The second kappa shape index (κ2) is 8.13. The van der Waals surface area contributed by atoms with Crippen LogP contribution in [-0.4, -0.2) is 35.8 Å². The Kier molecular flexibility index (Phi) is 5.67. The fourth-order valence-electron chi connectivity index (χ4n) is 2.53. The van der Waals surface area contributed by atoms with Crippen LogP contribution in [0.5, 0.6) is 11.5 Å². The van der Waals surface area contributed by atoms with E-state index in [4.69, 9.17) is 14.0 Å². The zero-order valence-electron chi connectivity index (χ0n) is 14.6. The van der Waals surface area contributed by atoms with Gasteiger partial charge in [-0.25, -0.2) is 0 Å². The van der Waals surface area contributed by atoms with Crippen molar-refractivity contribution in [1.82, 2.24) is 15.0 Å². The maximum atomic E-state index is 5.40. The smallest absolute Gasteiger partial charge is 0.241 e. The maximum Gasteiger partial charge on any atom is 0.241 e. The Balaban J connectivity index is 1.69. The van der Waals surface area contributed by atoms with Crippen LogP contribution in [0.2, 0.25) is 0 Å². The molecule has 2 aromatic heterocycles. The summed E-state index contributed by atoms with van der Waals surface area (Å²) in [6.45, 7) is 4.33. The Bertz CT molecular complexity index is 802. The van der Waals surface area contributed by atoms with E-state index in [2.05, 4.69) is 22.0 Å². The van der Waals surface area contributed by atoms with Gasteiger partial charge in [0.05, 0.1) is 25.6 Å². The van der Waals surface area contributed by atoms with Crippen molar-refractivity contribution in [2.24, 2.45) is 0 Å². The third-order valence-electron chi connectivity index (χ3n) is 3.87. The molecule has 0 saturated heterocycles. The quantitative estimate of drug-likeness (QED) is 0.609. The molecular weight excluding hydrogens is 338 g/mol. The van der Waals surface area contributed by atoms with Crippen molar-refractivity contribution in [2.75, 3.05) is 20.8 Å². The van der Waals surface area contributed by atoms with Crippen molar-refractivity contribution in [2.45, 2.75) is 20.0 Å². The van der Waals surface area contributed by atoms with Gasteiger partial charge in [0.15, 0.2) is 11.5 Å². The van der Waals surface area contributed by atoms with E-state index in [1.54, 1.807) is 25.6 Å². The van der Waals surface area contributed by atoms with E-state index in [9.17, 15) is 0 Å². The van der Waals surface area contributed by atoms with E-state index < -0.39 is 0 Å². The summed E-state index contributed by atoms with van der Waals surface area (Å²) in [6, 6.07) is 9.91. The lowest BCUT2D eigenvalue weighted by molar-refractivity contribution is 0.228. The first-order valence-electron chi connectivity index (χ1n) is 8.03. The minimum absolute atomic E-state index is 0.600. The summed E-state index contributed by atoms with van der Waals surface area (Å²) >= 11 is 1.60. The molecule has 0 unspecified atom stereocenters. The molecule has 0 N–H and O–H groups in total. The monoisotopic (exact) mass is 359 g/mol. The second-order valence-electron chi connectivity index (χ2n) is 5.48. The van der Waals surface area contributed by atoms with Crippen molar-refractivity contribution >= 4 is 11.3 Å². The molecule has 0 aliphatic heterocycles. The number of hydrogen-bond acceptors (Lipinski definition) is 7. The molecule has 3 rings (SSSR count). The van der Waals surface area contributed by atoms with E-state index in [0.717, 1.165) is 35.0 Å². The molecule has 25 heavy (non-hydrogen) atoms. The Labute approximate surface area is 151 Å². The first-order chi connectivity index (χ1) is 12.2. The highest BCUT2D eigenvalue weighted by molar-refractivity contribution is 7.13. The van der Waals surface area contributed by atoms with E-state index >= 15 is 0 Å². The molecular formula is C18H21N3O3S. The minimum Gasteiger partial charge on any atom is -0.493 e. The van der Waals surface area contributed by atoms with Crippen LogP contribution in [-0.2, 0) is 13.1 Å². The van der Waals surface area contributed by atoms with E-state index in [0.29, 0.717) is 18.3 Å². The molecule has 0 atom stereocenters. The van der Waals surface area contributed by atoms with E-state index in [1.807, 2.05) is 35.7 Å². The van der Waals surface area contributed by atoms with Crippen LogP contribution in [0.3, 0.4) is 0 Å². The molecule has 0 saturated carbocycles. The van der Waals surface area contributed by atoms with Crippen LogP contribution < -0.4 is 9.47 Å². The summed E-state index contributed by atoms with van der Waals surface area (Å²) in [6.07, 6.45) is 0. The molecule has 0 fully saturated rings. The molecule has 0 radical (unpaired) electrons. The molecule has 1 aromatic carbocycles. The van der Waals surface area contributed by atoms with Gasteiger partial charge in [-0.1, -0.05) is 24.2 Å². The fraction of sp³-hybridized carbons (Fsp3) is 0.333. The summed E-state index contributed by atoms with van der Waals surface area (Å²) in [5.41, 5.74) is 1.14. The molecule has 3 aromatic rings. The fourth-order valence-corrected chi connectivity index (χ4v) is 3.18. The van der Waals surface area contributed by atoms with E-state index in [1.165, 1.54) is 0 Å². The topological polar surface area (TPSA) is 60.6 Å². The molecule has 132 valence electrons. The van der Waals surface area contributed by atoms with Gasteiger partial charge >= 0.3 is 0 Å². The average Bonchev–Trinajstić information content (AvgIpc) is 3.32. The lowest BCUT2D eigenvalue weighted by Crippen LogP contribution is -2.22. The number of benzene rings is 1. The largest absolute Gasteiger partial charge is 0.493 e. The number of hydrogen-bond donors (Lipinski definition) is 0. The maximum absolute atomic E-state index is 5.40. The van der Waals surface area contributed by atoms with E-state index in [-0.39, 0.29) is 0 Å². The van der Waals surface area contributed by atoms with Gasteiger partial charge in [-0.15, -0.1) is 11.3 Å². The van der Waals surface area contributed by atoms with Gasteiger partial charge < -0.3 is 14.0 Å². The van der Waals surface area contributed by atoms with Crippen LogP contribution in [0.1, 0.15) is 18.4 Å². The summed E-state index contributed by atoms with van der Waals surface area (Å²) in [5.74, 6) is 2.72. The lowest BCUT2D eigenvalue weighted by atomic mass is 10.2. The van der Waals surface area contributed by atoms with Crippen molar-refractivity contribution < 1.29 is 14.0 Å². The zero-order chi connectivity index (χ0) is 17.6. The summed E-state index contributed by atoms with van der Waals surface area (Å²) in [4.78, 5) is 7.73. The van der Waals surface area contributed by atoms with Crippen LogP contribution in [0.25, 0.3) is 10.7 Å². The Morgan fingerprint density at radius 3 is 2.64 bits per heavy atom. The highest BCUT2D eigenvalue weighted by atomic mass is 32.1. The minimum atomic E-state index is 0.600. The second-order valence-corrected chi connectivity index (χ2v) is 6.43. The van der Waals surface area contributed by atoms with Gasteiger partial charge in [-0.05, 0) is 35.7 Å². The third kappa shape index (κ3) is 4.18. The molecule has 0 amide bonds. The van der Waals surface area contributed by atoms with Crippen molar-refractivity contribution in [3.8, 4) is 22.2 Å². The predicted octanol–water partition coefficient (Wildman–Crippen LogP) is 3.84.